The Morgan fingerprint density at radius 3 is 2.66 bits per heavy atom. The van der Waals surface area contributed by atoms with Gasteiger partial charge in [-0.25, -0.2) is 9.78 Å². The van der Waals surface area contributed by atoms with E-state index in [2.05, 4.69) is 45.2 Å². The Balaban J connectivity index is 1.57. The molecule has 0 aliphatic carbocycles. The monoisotopic (exact) mass is 429 g/mol. The highest BCUT2D eigenvalue weighted by molar-refractivity contribution is 7.20. The van der Waals surface area contributed by atoms with E-state index in [-0.39, 0.29) is 11.3 Å². The third-order valence-corrected chi connectivity index (χ3v) is 6.82. The number of hydrogen-bond donors (Lipinski definition) is 0. The van der Waals surface area contributed by atoms with Crippen molar-refractivity contribution in [2.24, 2.45) is 5.92 Å². The van der Waals surface area contributed by atoms with Gasteiger partial charge in [-0.05, 0) is 61.8 Å². The molecule has 7 heteroatoms. The van der Waals surface area contributed by atoms with Crippen LogP contribution in [0, 0.1) is 12.8 Å². The number of fused-ring (bicyclic) bond motifs is 1. The summed E-state index contributed by atoms with van der Waals surface area (Å²) in [6, 6.07) is 10.7. The van der Waals surface area contributed by atoms with E-state index in [4.69, 9.17) is 16.3 Å². The van der Waals surface area contributed by atoms with E-state index in [9.17, 15) is 4.79 Å². The molecule has 0 unspecified atom stereocenters. The first-order valence-electron chi connectivity index (χ1n) is 9.99. The van der Waals surface area contributed by atoms with Crippen LogP contribution in [0.3, 0.4) is 0 Å². The van der Waals surface area contributed by atoms with Crippen LogP contribution in [0.5, 0.6) is 0 Å². The summed E-state index contributed by atoms with van der Waals surface area (Å²) >= 11 is 7.55. The molecule has 1 aliphatic heterocycles. The molecule has 0 saturated carbocycles. The minimum Gasteiger partial charge on any atom is -0.462 e. The third-order valence-electron chi connectivity index (χ3n) is 5.49. The maximum absolute atomic E-state index is 12.3. The topological polar surface area (TPSA) is 55.3 Å². The van der Waals surface area contributed by atoms with Crippen molar-refractivity contribution in [1.82, 2.24) is 9.97 Å². The van der Waals surface area contributed by atoms with Crippen molar-refractivity contribution in [2.75, 3.05) is 24.6 Å². The van der Waals surface area contributed by atoms with Gasteiger partial charge in [0.2, 0.25) is 5.28 Å². The first kappa shape index (κ1) is 20.1. The van der Waals surface area contributed by atoms with Crippen molar-refractivity contribution < 1.29 is 9.53 Å². The molecule has 1 aromatic carbocycles. The number of rotatable bonds is 5. The SMILES string of the molecule is CCOC(=O)c1sc2nc(Cl)nc(N3CCC(Cc4ccccc4)CC3)c2c1C. The van der Waals surface area contributed by atoms with Gasteiger partial charge in [0.05, 0.1) is 12.0 Å². The Morgan fingerprint density at radius 1 is 1.24 bits per heavy atom. The van der Waals surface area contributed by atoms with Crippen LogP contribution in [-0.4, -0.2) is 35.6 Å². The van der Waals surface area contributed by atoms with Crippen LogP contribution in [0.4, 0.5) is 5.82 Å². The normalized spacial score (nSPS) is 15.1. The summed E-state index contributed by atoms with van der Waals surface area (Å²) in [7, 11) is 0. The van der Waals surface area contributed by atoms with Gasteiger partial charge in [-0.15, -0.1) is 11.3 Å². The van der Waals surface area contributed by atoms with Gasteiger partial charge < -0.3 is 9.64 Å². The molecule has 1 fully saturated rings. The maximum atomic E-state index is 12.3. The van der Waals surface area contributed by atoms with Crippen LogP contribution in [0.2, 0.25) is 5.28 Å². The highest BCUT2D eigenvalue weighted by Gasteiger charge is 2.26. The summed E-state index contributed by atoms with van der Waals surface area (Å²) in [5.74, 6) is 1.19. The second-order valence-electron chi connectivity index (χ2n) is 7.39. The Hall–Kier alpha value is -2.18. The van der Waals surface area contributed by atoms with Crippen molar-refractivity contribution in [3.63, 3.8) is 0 Å². The van der Waals surface area contributed by atoms with Crippen molar-refractivity contribution in [3.05, 3.63) is 51.6 Å². The lowest BCUT2D eigenvalue weighted by atomic mass is 9.90. The van der Waals surface area contributed by atoms with Gasteiger partial charge in [-0.3, -0.25) is 0 Å². The summed E-state index contributed by atoms with van der Waals surface area (Å²) in [6.07, 6.45) is 3.32. The third kappa shape index (κ3) is 4.23. The molecule has 1 aliphatic rings. The minimum atomic E-state index is -0.309. The number of aryl methyl sites for hydroxylation is 1. The lowest BCUT2D eigenvalue weighted by Gasteiger charge is -2.33. The van der Waals surface area contributed by atoms with E-state index in [0.717, 1.165) is 53.9 Å². The summed E-state index contributed by atoms with van der Waals surface area (Å²) < 4.78 is 5.20. The van der Waals surface area contributed by atoms with Crippen LogP contribution >= 0.6 is 22.9 Å². The fraction of sp³-hybridized carbons (Fsp3) is 0.409. The number of aromatic nitrogens is 2. The molecular formula is C22H24ClN3O2S. The molecule has 0 amide bonds. The zero-order valence-corrected chi connectivity index (χ0v) is 18.2. The highest BCUT2D eigenvalue weighted by atomic mass is 35.5. The predicted molar refractivity (Wildman–Crippen MR) is 118 cm³/mol. The zero-order chi connectivity index (χ0) is 20.4. The summed E-state index contributed by atoms with van der Waals surface area (Å²) in [5.41, 5.74) is 2.27. The van der Waals surface area contributed by atoms with Gasteiger partial charge in [0.15, 0.2) is 0 Å². The fourth-order valence-electron chi connectivity index (χ4n) is 4.01. The van der Waals surface area contributed by atoms with Gasteiger partial charge >= 0.3 is 5.97 Å². The van der Waals surface area contributed by atoms with E-state index >= 15 is 0 Å². The average molecular weight is 430 g/mol. The van der Waals surface area contributed by atoms with Crippen molar-refractivity contribution in [2.45, 2.75) is 33.1 Å². The second-order valence-corrected chi connectivity index (χ2v) is 8.73. The zero-order valence-electron chi connectivity index (χ0n) is 16.7. The number of esters is 1. The molecule has 3 aromatic rings. The number of carbonyl (C=O) groups is 1. The van der Waals surface area contributed by atoms with E-state index in [0.29, 0.717) is 17.4 Å². The Kier molecular flexibility index (Phi) is 6.01. The number of halogens is 1. The first-order valence-corrected chi connectivity index (χ1v) is 11.2. The van der Waals surface area contributed by atoms with Gasteiger partial charge in [-0.2, -0.15) is 4.98 Å². The molecular weight excluding hydrogens is 406 g/mol. The van der Waals surface area contributed by atoms with Crippen LogP contribution in [0.25, 0.3) is 10.2 Å². The average Bonchev–Trinajstić information content (AvgIpc) is 3.05. The van der Waals surface area contributed by atoms with E-state index in [1.165, 1.54) is 16.9 Å². The number of hydrogen-bond acceptors (Lipinski definition) is 6. The predicted octanol–water partition coefficient (Wildman–Crippen LogP) is 5.29. The minimum absolute atomic E-state index is 0.218. The quantitative estimate of drug-likeness (QED) is 0.407. The smallest absolute Gasteiger partial charge is 0.348 e. The Labute approximate surface area is 179 Å². The number of anilines is 1. The second kappa shape index (κ2) is 8.67. The Bertz CT molecular complexity index is 1010. The standard InChI is InChI=1S/C22H24ClN3O2S/c1-3-28-21(27)18-14(2)17-19(24-22(23)25-20(17)29-18)26-11-9-16(10-12-26)13-15-7-5-4-6-8-15/h4-8,16H,3,9-13H2,1-2H3. The number of piperidine rings is 1. The maximum Gasteiger partial charge on any atom is 0.348 e. The van der Waals surface area contributed by atoms with Gasteiger partial charge in [0.25, 0.3) is 0 Å². The summed E-state index contributed by atoms with van der Waals surface area (Å²) in [4.78, 5) is 24.8. The molecule has 29 heavy (non-hydrogen) atoms. The van der Waals surface area contributed by atoms with Crippen molar-refractivity contribution in [1.29, 1.82) is 0 Å². The molecule has 3 heterocycles. The molecule has 4 rings (SSSR count). The van der Waals surface area contributed by atoms with Crippen molar-refractivity contribution >= 4 is 44.9 Å². The van der Waals surface area contributed by atoms with Crippen LogP contribution in [0.15, 0.2) is 30.3 Å². The number of nitrogens with zero attached hydrogens (tertiary/aromatic N) is 3. The number of carbonyl (C=O) groups excluding carboxylic acids is 1. The number of benzene rings is 1. The molecule has 0 atom stereocenters. The first-order chi connectivity index (χ1) is 14.1. The van der Waals surface area contributed by atoms with Gasteiger partial charge in [-0.1, -0.05) is 30.3 Å². The molecule has 5 nitrogen and oxygen atoms in total. The lowest BCUT2D eigenvalue weighted by molar-refractivity contribution is 0.0531. The molecule has 1 saturated heterocycles. The Morgan fingerprint density at radius 2 is 1.97 bits per heavy atom. The lowest BCUT2D eigenvalue weighted by Crippen LogP contribution is -2.35. The molecule has 2 aromatic heterocycles. The number of thiophene rings is 1. The molecule has 0 N–H and O–H groups in total. The largest absolute Gasteiger partial charge is 0.462 e. The van der Waals surface area contributed by atoms with E-state index in [1.807, 2.05) is 13.8 Å². The van der Waals surface area contributed by atoms with Crippen LogP contribution in [-0.2, 0) is 11.2 Å². The highest BCUT2D eigenvalue weighted by Crippen LogP contribution is 2.38. The summed E-state index contributed by atoms with van der Waals surface area (Å²) in [6.45, 7) is 5.94. The van der Waals surface area contributed by atoms with Crippen molar-refractivity contribution in [3.8, 4) is 0 Å². The summed E-state index contributed by atoms with van der Waals surface area (Å²) in [5, 5.41) is 1.14. The van der Waals surface area contributed by atoms with E-state index < -0.39 is 0 Å². The number of ether oxygens (including phenoxy) is 1. The molecule has 0 radical (unpaired) electrons. The van der Waals surface area contributed by atoms with Gasteiger partial charge in [0, 0.05) is 13.1 Å². The van der Waals surface area contributed by atoms with Crippen LogP contribution < -0.4 is 4.90 Å². The molecule has 0 spiro atoms. The molecule has 152 valence electrons. The molecule has 0 bridgehead atoms. The van der Waals surface area contributed by atoms with Gasteiger partial charge in [0.1, 0.15) is 15.5 Å². The van der Waals surface area contributed by atoms with Crippen LogP contribution in [0.1, 0.15) is 40.6 Å². The van der Waals surface area contributed by atoms with E-state index in [1.54, 1.807) is 0 Å². The fourth-order valence-corrected chi connectivity index (χ4v) is 5.29.